The van der Waals surface area contributed by atoms with Crippen molar-refractivity contribution in [3.8, 4) is 0 Å². The van der Waals surface area contributed by atoms with Gasteiger partial charge in [-0.1, -0.05) is 18.2 Å². The summed E-state index contributed by atoms with van der Waals surface area (Å²) in [4.78, 5) is 13.9. The van der Waals surface area contributed by atoms with Crippen LogP contribution in [0.1, 0.15) is 25.8 Å². The summed E-state index contributed by atoms with van der Waals surface area (Å²) >= 11 is 0. The molecule has 0 radical (unpaired) electrons. The summed E-state index contributed by atoms with van der Waals surface area (Å²) in [5, 5.41) is 2.90. The second kappa shape index (κ2) is 7.29. The van der Waals surface area contributed by atoms with Gasteiger partial charge in [0.2, 0.25) is 5.91 Å². The van der Waals surface area contributed by atoms with Crippen LogP contribution >= 0.6 is 0 Å². The Labute approximate surface area is 121 Å². The molecule has 1 heterocycles. The first-order valence-corrected chi connectivity index (χ1v) is 7.38. The highest BCUT2D eigenvalue weighted by molar-refractivity contribution is 5.77. The molecule has 1 aliphatic heterocycles. The number of carbonyl (C=O) groups excluding carboxylic acids is 1. The van der Waals surface area contributed by atoms with E-state index in [0.29, 0.717) is 6.54 Å². The van der Waals surface area contributed by atoms with Gasteiger partial charge in [0.05, 0.1) is 6.10 Å². The number of nitrogens with one attached hydrogen (secondary N) is 1. The number of nitrogens with zero attached hydrogens (tertiary/aromatic N) is 1. The highest BCUT2D eigenvalue weighted by Gasteiger charge is 2.17. The van der Waals surface area contributed by atoms with Crippen molar-refractivity contribution in [1.82, 2.24) is 5.32 Å². The first-order valence-electron chi connectivity index (χ1n) is 7.38. The van der Waals surface area contributed by atoms with E-state index in [9.17, 15) is 4.79 Å². The zero-order chi connectivity index (χ0) is 14.4. The zero-order valence-electron chi connectivity index (χ0n) is 12.4. The lowest BCUT2D eigenvalue weighted by Gasteiger charge is -2.19. The highest BCUT2D eigenvalue weighted by atomic mass is 16.5. The van der Waals surface area contributed by atoms with Crippen molar-refractivity contribution in [3.63, 3.8) is 0 Å². The van der Waals surface area contributed by atoms with Gasteiger partial charge in [0, 0.05) is 25.3 Å². The van der Waals surface area contributed by atoms with Crippen LogP contribution in [-0.4, -0.2) is 38.3 Å². The number of para-hydroxylation sites is 1. The van der Waals surface area contributed by atoms with Crippen LogP contribution in [0, 0.1) is 0 Å². The number of carbonyl (C=O) groups is 1. The quantitative estimate of drug-likeness (QED) is 0.774. The molecule has 1 aliphatic rings. The number of hydrogen-bond acceptors (Lipinski definition) is 3. The van der Waals surface area contributed by atoms with Gasteiger partial charge in [-0.05, 0) is 38.3 Å². The van der Waals surface area contributed by atoms with Crippen molar-refractivity contribution in [2.75, 3.05) is 31.1 Å². The number of hydrogen-bond donors (Lipinski definition) is 1. The molecule has 1 N–H and O–H groups in total. The van der Waals surface area contributed by atoms with E-state index in [4.69, 9.17) is 4.74 Å². The second-order valence-electron chi connectivity index (χ2n) is 5.43. The third-order valence-electron chi connectivity index (χ3n) is 3.46. The molecule has 20 heavy (non-hydrogen) atoms. The maximum Gasteiger partial charge on any atom is 0.246 e. The van der Waals surface area contributed by atoms with Crippen molar-refractivity contribution in [1.29, 1.82) is 0 Å². The standard InChI is InChI=1S/C16H24N2O2/c1-13(2)20-12-16(19)17-9-5-10-18-11-8-14-6-3-4-7-15(14)18/h3-4,6-7,13H,5,8-12H2,1-2H3,(H,17,19). The molecule has 2 rings (SSSR count). The van der Waals surface area contributed by atoms with E-state index in [0.717, 1.165) is 25.9 Å². The first kappa shape index (κ1) is 14.9. The van der Waals surface area contributed by atoms with Gasteiger partial charge in [-0.15, -0.1) is 0 Å². The number of ether oxygens (including phenoxy) is 1. The van der Waals surface area contributed by atoms with Crippen molar-refractivity contribution in [3.05, 3.63) is 29.8 Å². The van der Waals surface area contributed by atoms with Crippen molar-refractivity contribution < 1.29 is 9.53 Å². The average Bonchev–Trinajstić information content (AvgIpc) is 2.85. The zero-order valence-corrected chi connectivity index (χ0v) is 12.4. The van der Waals surface area contributed by atoms with E-state index in [1.54, 1.807) is 0 Å². The minimum atomic E-state index is -0.0273. The smallest absolute Gasteiger partial charge is 0.246 e. The minimum absolute atomic E-state index is 0.0273. The van der Waals surface area contributed by atoms with E-state index in [1.807, 2.05) is 13.8 Å². The Balaban J connectivity index is 1.64. The van der Waals surface area contributed by atoms with Crippen molar-refractivity contribution in [2.45, 2.75) is 32.8 Å². The topological polar surface area (TPSA) is 41.6 Å². The summed E-state index contributed by atoms with van der Waals surface area (Å²) in [7, 11) is 0. The molecule has 1 amide bonds. The first-order chi connectivity index (χ1) is 9.66. The molecule has 4 heteroatoms. The molecular formula is C16H24N2O2. The molecule has 4 nitrogen and oxygen atoms in total. The van der Waals surface area contributed by atoms with Gasteiger partial charge in [-0.3, -0.25) is 4.79 Å². The number of amides is 1. The predicted molar refractivity (Wildman–Crippen MR) is 81.1 cm³/mol. The molecule has 0 atom stereocenters. The lowest BCUT2D eigenvalue weighted by Crippen LogP contribution is -2.32. The van der Waals surface area contributed by atoms with Crippen LogP contribution in [-0.2, 0) is 16.0 Å². The number of anilines is 1. The Bertz CT molecular complexity index is 446. The maximum atomic E-state index is 11.5. The summed E-state index contributed by atoms with van der Waals surface area (Å²) in [5.74, 6) is -0.0273. The minimum Gasteiger partial charge on any atom is -0.371 e. The highest BCUT2D eigenvalue weighted by Crippen LogP contribution is 2.27. The van der Waals surface area contributed by atoms with Crippen LogP contribution in [0.5, 0.6) is 0 Å². The molecule has 0 aromatic heterocycles. The summed E-state index contributed by atoms with van der Waals surface area (Å²) in [5.41, 5.74) is 2.78. The summed E-state index contributed by atoms with van der Waals surface area (Å²) < 4.78 is 5.26. The van der Waals surface area contributed by atoms with Gasteiger partial charge >= 0.3 is 0 Å². The molecular weight excluding hydrogens is 252 g/mol. The van der Waals surface area contributed by atoms with Crippen LogP contribution in [0.25, 0.3) is 0 Å². The normalized spacial score (nSPS) is 13.7. The Morgan fingerprint density at radius 3 is 3.00 bits per heavy atom. The fourth-order valence-corrected chi connectivity index (χ4v) is 2.43. The fourth-order valence-electron chi connectivity index (χ4n) is 2.43. The van der Waals surface area contributed by atoms with Gasteiger partial charge in [-0.25, -0.2) is 0 Å². The van der Waals surface area contributed by atoms with Gasteiger partial charge < -0.3 is 15.0 Å². The average molecular weight is 276 g/mol. The second-order valence-corrected chi connectivity index (χ2v) is 5.43. The number of benzene rings is 1. The van der Waals surface area contributed by atoms with E-state index in [-0.39, 0.29) is 18.6 Å². The SMILES string of the molecule is CC(C)OCC(=O)NCCCN1CCc2ccccc21. The molecule has 110 valence electrons. The summed E-state index contributed by atoms with van der Waals surface area (Å²) in [6.07, 6.45) is 2.19. The Hall–Kier alpha value is -1.55. The largest absolute Gasteiger partial charge is 0.371 e. The molecule has 0 aliphatic carbocycles. The van der Waals surface area contributed by atoms with Crippen LogP contribution in [0.3, 0.4) is 0 Å². The number of fused-ring (bicyclic) bond motifs is 1. The number of rotatable bonds is 7. The fraction of sp³-hybridized carbons (Fsp3) is 0.562. The van der Waals surface area contributed by atoms with E-state index < -0.39 is 0 Å². The third-order valence-corrected chi connectivity index (χ3v) is 3.46. The Morgan fingerprint density at radius 2 is 2.20 bits per heavy atom. The summed E-state index contributed by atoms with van der Waals surface area (Å²) in [6.45, 7) is 6.80. The van der Waals surface area contributed by atoms with Gasteiger partial charge in [0.15, 0.2) is 0 Å². The molecule has 0 unspecified atom stereocenters. The Kier molecular flexibility index (Phi) is 5.41. The van der Waals surface area contributed by atoms with Crippen LogP contribution in [0.4, 0.5) is 5.69 Å². The lowest BCUT2D eigenvalue weighted by molar-refractivity contribution is -0.127. The van der Waals surface area contributed by atoms with Crippen LogP contribution in [0.15, 0.2) is 24.3 Å². The third kappa shape index (κ3) is 4.23. The van der Waals surface area contributed by atoms with E-state index in [2.05, 4.69) is 34.5 Å². The van der Waals surface area contributed by atoms with Gasteiger partial charge in [-0.2, -0.15) is 0 Å². The molecule has 1 aromatic rings. The molecule has 0 saturated heterocycles. The van der Waals surface area contributed by atoms with E-state index >= 15 is 0 Å². The van der Waals surface area contributed by atoms with Gasteiger partial charge in [0.25, 0.3) is 0 Å². The van der Waals surface area contributed by atoms with Crippen molar-refractivity contribution >= 4 is 11.6 Å². The predicted octanol–water partition coefficient (Wildman–Crippen LogP) is 1.98. The van der Waals surface area contributed by atoms with Crippen LogP contribution in [0.2, 0.25) is 0 Å². The Morgan fingerprint density at radius 1 is 1.40 bits per heavy atom. The molecule has 0 spiro atoms. The van der Waals surface area contributed by atoms with Crippen LogP contribution < -0.4 is 10.2 Å². The lowest BCUT2D eigenvalue weighted by atomic mass is 10.2. The van der Waals surface area contributed by atoms with Gasteiger partial charge in [0.1, 0.15) is 6.61 Å². The maximum absolute atomic E-state index is 11.5. The molecule has 0 saturated carbocycles. The van der Waals surface area contributed by atoms with E-state index in [1.165, 1.54) is 11.3 Å². The monoisotopic (exact) mass is 276 g/mol. The summed E-state index contributed by atoms with van der Waals surface area (Å²) in [6, 6.07) is 8.55. The van der Waals surface area contributed by atoms with Crippen molar-refractivity contribution in [2.24, 2.45) is 0 Å². The molecule has 0 fully saturated rings. The molecule has 0 bridgehead atoms. The molecule has 1 aromatic carbocycles.